The van der Waals surface area contributed by atoms with E-state index in [4.69, 9.17) is 4.74 Å². The average molecular weight is 230 g/mol. The van der Waals surface area contributed by atoms with E-state index in [1.54, 1.807) is 6.26 Å². The van der Waals surface area contributed by atoms with E-state index in [1.807, 2.05) is 18.3 Å². The van der Waals surface area contributed by atoms with Gasteiger partial charge in [-0.2, -0.15) is 0 Å². The fourth-order valence-electron chi connectivity index (χ4n) is 2.56. The molecule has 3 heteroatoms. The molecule has 3 nitrogen and oxygen atoms in total. The molecule has 1 atom stereocenters. The summed E-state index contributed by atoms with van der Waals surface area (Å²) >= 11 is 0. The average Bonchev–Trinajstić information content (AvgIpc) is 2.90. The Bertz CT molecular complexity index is 427. The first kappa shape index (κ1) is 10.5. The first-order chi connectivity index (χ1) is 8.45. The number of nitrogens with one attached hydrogen (secondary N) is 1. The van der Waals surface area contributed by atoms with E-state index in [0.29, 0.717) is 0 Å². The summed E-state index contributed by atoms with van der Waals surface area (Å²) in [4.78, 5) is 5.78. The Balaban J connectivity index is 1.83. The SMILES string of the molecule is C1=COC(c2[nH]ccc2N2CCCCC2)C=C1. The molecule has 0 aromatic carbocycles. The third kappa shape index (κ3) is 2.09. The summed E-state index contributed by atoms with van der Waals surface area (Å²) in [5.74, 6) is 0. The normalized spacial score (nSPS) is 23.8. The maximum absolute atomic E-state index is 5.63. The van der Waals surface area contributed by atoms with Gasteiger partial charge in [0.15, 0.2) is 6.10 Å². The standard InChI is InChI=1S/C14H18N2O/c1-3-9-16(10-4-1)12-7-8-15-14(12)13-6-2-5-11-17-13/h2,5-8,11,13,15H,1,3-4,9-10H2. The Morgan fingerprint density at radius 3 is 2.82 bits per heavy atom. The number of nitrogens with zero attached hydrogens (tertiary/aromatic N) is 1. The summed E-state index contributed by atoms with van der Waals surface area (Å²) in [5.41, 5.74) is 2.47. The van der Waals surface area contributed by atoms with Crippen molar-refractivity contribution in [2.45, 2.75) is 25.4 Å². The Kier molecular flexibility index (Phi) is 2.90. The summed E-state index contributed by atoms with van der Waals surface area (Å²) in [7, 11) is 0. The van der Waals surface area contributed by atoms with Crippen molar-refractivity contribution in [3.8, 4) is 0 Å². The lowest BCUT2D eigenvalue weighted by Crippen LogP contribution is -2.30. The maximum atomic E-state index is 5.63. The van der Waals surface area contributed by atoms with Gasteiger partial charge in [0.1, 0.15) is 0 Å². The molecule has 1 aromatic rings. The Morgan fingerprint density at radius 2 is 2.06 bits per heavy atom. The number of piperidine rings is 1. The summed E-state index contributed by atoms with van der Waals surface area (Å²) in [6.45, 7) is 2.33. The third-order valence-corrected chi connectivity index (χ3v) is 3.44. The first-order valence-electron chi connectivity index (χ1n) is 6.36. The molecule has 1 aromatic heterocycles. The van der Waals surface area contributed by atoms with E-state index in [-0.39, 0.29) is 6.10 Å². The zero-order chi connectivity index (χ0) is 11.5. The minimum atomic E-state index is 0.0342. The van der Waals surface area contributed by atoms with Crippen LogP contribution in [0.15, 0.2) is 36.8 Å². The van der Waals surface area contributed by atoms with Crippen LogP contribution in [0.4, 0.5) is 5.69 Å². The van der Waals surface area contributed by atoms with Crippen LogP contribution in [-0.4, -0.2) is 18.1 Å². The second-order valence-electron chi connectivity index (χ2n) is 4.59. The van der Waals surface area contributed by atoms with Crippen LogP contribution in [0.5, 0.6) is 0 Å². The summed E-state index contributed by atoms with van der Waals surface area (Å²) in [6, 6.07) is 2.16. The van der Waals surface area contributed by atoms with Crippen LogP contribution in [-0.2, 0) is 4.74 Å². The number of ether oxygens (including phenoxy) is 1. The maximum Gasteiger partial charge on any atom is 0.158 e. The minimum absolute atomic E-state index is 0.0342. The van der Waals surface area contributed by atoms with E-state index in [1.165, 1.54) is 30.6 Å². The van der Waals surface area contributed by atoms with Gasteiger partial charge < -0.3 is 14.6 Å². The Labute approximate surface area is 102 Å². The van der Waals surface area contributed by atoms with Crippen molar-refractivity contribution in [2.24, 2.45) is 0 Å². The van der Waals surface area contributed by atoms with Gasteiger partial charge in [-0.15, -0.1) is 0 Å². The van der Waals surface area contributed by atoms with Gasteiger partial charge in [0.05, 0.1) is 17.6 Å². The number of allylic oxidation sites excluding steroid dienone is 2. The molecule has 1 fully saturated rings. The topological polar surface area (TPSA) is 28.3 Å². The summed E-state index contributed by atoms with van der Waals surface area (Å²) < 4.78 is 5.63. The molecule has 3 heterocycles. The van der Waals surface area contributed by atoms with E-state index >= 15 is 0 Å². The van der Waals surface area contributed by atoms with Crippen LogP contribution in [0.2, 0.25) is 0 Å². The second-order valence-corrected chi connectivity index (χ2v) is 4.59. The van der Waals surface area contributed by atoms with Gasteiger partial charge in [0.2, 0.25) is 0 Å². The summed E-state index contributed by atoms with van der Waals surface area (Å²) in [5, 5.41) is 0. The molecule has 3 rings (SSSR count). The lowest BCUT2D eigenvalue weighted by molar-refractivity contribution is 0.183. The molecule has 2 aliphatic heterocycles. The molecular weight excluding hydrogens is 212 g/mol. The van der Waals surface area contributed by atoms with Crippen LogP contribution >= 0.6 is 0 Å². The van der Waals surface area contributed by atoms with Crippen LogP contribution in [0.1, 0.15) is 31.1 Å². The van der Waals surface area contributed by atoms with Gasteiger partial charge in [-0.25, -0.2) is 0 Å². The van der Waals surface area contributed by atoms with Crippen LogP contribution in [0, 0.1) is 0 Å². The quantitative estimate of drug-likeness (QED) is 0.845. The smallest absolute Gasteiger partial charge is 0.158 e. The molecule has 0 radical (unpaired) electrons. The highest BCUT2D eigenvalue weighted by Crippen LogP contribution is 2.31. The fraction of sp³-hybridized carbons (Fsp3) is 0.429. The molecule has 1 unspecified atom stereocenters. The summed E-state index contributed by atoms with van der Waals surface area (Å²) in [6.07, 6.45) is 13.8. The zero-order valence-corrected chi connectivity index (χ0v) is 9.93. The minimum Gasteiger partial charge on any atom is -0.488 e. The van der Waals surface area contributed by atoms with E-state index in [9.17, 15) is 0 Å². The number of H-pyrrole nitrogens is 1. The number of aromatic nitrogens is 1. The molecule has 1 N–H and O–H groups in total. The molecule has 0 amide bonds. The van der Waals surface area contributed by atoms with Crippen LogP contribution < -0.4 is 4.90 Å². The van der Waals surface area contributed by atoms with Crippen molar-refractivity contribution in [3.05, 3.63) is 42.4 Å². The zero-order valence-electron chi connectivity index (χ0n) is 9.93. The van der Waals surface area contributed by atoms with Gasteiger partial charge in [0.25, 0.3) is 0 Å². The highest BCUT2D eigenvalue weighted by Gasteiger charge is 2.20. The number of aromatic amines is 1. The van der Waals surface area contributed by atoms with Gasteiger partial charge in [-0.05, 0) is 37.5 Å². The van der Waals surface area contributed by atoms with E-state index < -0.39 is 0 Å². The predicted molar refractivity (Wildman–Crippen MR) is 69.0 cm³/mol. The van der Waals surface area contributed by atoms with E-state index in [2.05, 4.69) is 22.0 Å². The van der Waals surface area contributed by atoms with Crippen molar-refractivity contribution in [2.75, 3.05) is 18.0 Å². The highest BCUT2D eigenvalue weighted by molar-refractivity contribution is 5.53. The lowest BCUT2D eigenvalue weighted by Gasteiger charge is -2.30. The number of rotatable bonds is 2. The van der Waals surface area contributed by atoms with Crippen LogP contribution in [0.3, 0.4) is 0 Å². The molecule has 90 valence electrons. The van der Waals surface area contributed by atoms with Crippen molar-refractivity contribution >= 4 is 5.69 Å². The first-order valence-corrected chi connectivity index (χ1v) is 6.36. The van der Waals surface area contributed by atoms with Crippen molar-refractivity contribution in [1.29, 1.82) is 0 Å². The van der Waals surface area contributed by atoms with Crippen LogP contribution in [0.25, 0.3) is 0 Å². The highest BCUT2D eigenvalue weighted by atomic mass is 16.5. The largest absolute Gasteiger partial charge is 0.488 e. The monoisotopic (exact) mass is 230 g/mol. The predicted octanol–water partition coefficient (Wildman–Crippen LogP) is 3.15. The molecule has 0 bridgehead atoms. The second kappa shape index (κ2) is 4.70. The van der Waals surface area contributed by atoms with Gasteiger partial charge in [-0.3, -0.25) is 0 Å². The molecule has 0 aliphatic carbocycles. The van der Waals surface area contributed by atoms with Crippen molar-refractivity contribution in [1.82, 2.24) is 4.98 Å². The molecule has 0 spiro atoms. The Hall–Kier alpha value is -1.64. The molecule has 0 saturated carbocycles. The molecule has 1 saturated heterocycles. The number of hydrogen-bond acceptors (Lipinski definition) is 2. The molecule has 2 aliphatic rings. The van der Waals surface area contributed by atoms with E-state index in [0.717, 1.165) is 13.1 Å². The van der Waals surface area contributed by atoms with Gasteiger partial charge in [0, 0.05) is 19.3 Å². The molecular formula is C14H18N2O. The third-order valence-electron chi connectivity index (χ3n) is 3.44. The van der Waals surface area contributed by atoms with Gasteiger partial charge in [-0.1, -0.05) is 6.08 Å². The lowest BCUT2D eigenvalue weighted by atomic mass is 10.1. The Morgan fingerprint density at radius 1 is 1.18 bits per heavy atom. The van der Waals surface area contributed by atoms with Gasteiger partial charge >= 0.3 is 0 Å². The van der Waals surface area contributed by atoms with Crippen molar-refractivity contribution in [3.63, 3.8) is 0 Å². The number of anilines is 1. The molecule has 17 heavy (non-hydrogen) atoms. The number of hydrogen-bond donors (Lipinski definition) is 1. The van der Waals surface area contributed by atoms with Crippen molar-refractivity contribution < 1.29 is 4.74 Å². The fourth-order valence-corrected chi connectivity index (χ4v) is 2.56.